The van der Waals surface area contributed by atoms with Gasteiger partial charge in [0.05, 0.1) is 6.10 Å². The summed E-state index contributed by atoms with van der Waals surface area (Å²) in [5, 5.41) is 4.80. The van der Waals surface area contributed by atoms with E-state index in [1.807, 2.05) is 43.3 Å². The van der Waals surface area contributed by atoms with Gasteiger partial charge in [0, 0.05) is 26.6 Å². The van der Waals surface area contributed by atoms with Crippen LogP contribution in [0.25, 0.3) is 0 Å². The van der Waals surface area contributed by atoms with E-state index in [1.165, 1.54) is 5.06 Å². The third-order valence-corrected chi connectivity index (χ3v) is 4.66. The molecule has 2 atom stereocenters. The van der Waals surface area contributed by atoms with E-state index in [2.05, 4.69) is 37.2 Å². The highest BCUT2D eigenvalue weighted by atomic mass is 79.9. The zero-order valence-electron chi connectivity index (χ0n) is 12.5. The Balaban J connectivity index is 1.77. The minimum absolute atomic E-state index is 0.0117. The smallest absolute Gasteiger partial charge is 0.279 e. The molecule has 6 heteroatoms. The minimum Gasteiger partial charge on any atom is -0.363 e. The Labute approximate surface area is 152 Å². The topological polar surface area (TPSA) is 41.6 Å². The van der Waals surface area contributed by atoms with Crippen molar-refractivity contribution in [1.82, 2.24) is 5.06 Å². The summed E-state index contributed by atoms with van der Waals surface area (Å²) in [5.41, 5.74) is 1.55. The summed E-state index contributed by atoms with van der Waals surface area (Å²) < 4.78 is 1.95. The van der Waals surface area contributed by atoms with Gasteiger partial charge in [-0.2, -0.15) is 5.06 Å². The van der Waals surface area contributed by atoms with Crippen LogP contribution in [-0.4, -0.2) is 23.2 Å². The quantitative estimate of drug-likeness (QED) is 0.745. The highest BCUT2D eigenvalue weighted by Crippen LogP contribution is 2.26. The number of carbonyl (C=O) groups excluding carboxylic acids is 1. The summed E-state index contributed by atoms with van der Waals surface area (Å²) in [6.45, 7) is 1.96. The average Bonchev–Trinajstić information content (AvgIpc) is 2.90. The highest BCUT2D eigenvalue weighted by molar-refractivity contribution is 9.10. The summed E-state index contributed by atoms with van der Waals surface area (Å²) in [6, 6.07) is 15.1. The largest absolute Gasteiger partial charge is 0.363 e. The summed E-state index contributed by atoms with van der Waals surface area (Å²) in [5.74, 6) is -0.142. The van der Waals surface area contributed by atoms with Crippen LogP contribution in [0.3, 0.4) is 0 Å². The second kappa shape index (κ2) is 7.03. The molecule has 120 valence electrons. The van der Waals surface area contributed by atoms with Crippen molar-refractivity contribution in [2.24, 2.45) is 0 Å². The number of amides is 1. The van der Waals surface area contributed by atoms with E-state index in [9.17, 15) is 4.79 Å². The Morgan fingerprint density at radius 1 is 1.09 bits per heavy atom. The molecule has 4 nitrogen and oxygen atoms in total. The number of carbonyl (C=O) groups is 1. The molecule has 0 radical (unpaired) electrons. The Hall–Kier alpha value is -1.37. The van der Waals surface area contributed by atoms with Crippen LogP contribution >= 0.6 is 31.9 Å². The van der Waals surface area contributed by atoms with Gasteiger partial charge in [0.2, 0.25) is 0 Å². The van der Waals surface area contributed by atoms with Crippen molar-refractivity contribution in [2.75, 3.05) is 5.32 Å². The maximum Gasteiger partial charge on any atom is 0.279 e. The van der Waals surface area contributed by atoms with Gasteiger partial charge in [0.15, 0.2) is 0 Å². The monoisotopic (exact) mass is 438 g/mol. The first-order chi connectivity index (χ1) is 11.0. The van der Waals surface area contributed by atoms with Gasteiger partial charge >= 0.3 is 0 Å². The molecule has 1 amide bonds. The number of hydroxylamine groups is 2. The SMILES string of the molecule is CC1CC(Nc2ccc(Br)cc2)N(C(=O)c2ccc(Br)cc2)O1. The van der Waals surface area contributed by atoms with E-state index in [4.69, 9.17) is 4.84 Å². The van der Waals surface area contributed by atoms with E-state index >= 15 is 0 Å². The summed E-state index contributed by atoms with van der Waals surface area (Å²) >= 11 is 6.80. The molecule has 1 aliphatic heterocycles. The number of nitrogens with zero attached hydrogens (tertiary/aromatic N) is 1. The summed E-state index contributed by atoms with van der Waals surface area (Å²) in [6.07, 6.45) is 0.530. The van der Waals surface area contributed by atoms with Gasteiger partial charge < -0.3 is 5.32 Å². The van der Waals surface area contributed by atoms with Gasteiger partial charge in [-0.25, -0.2) is 0 Å². The van der Waals surface area contributed by atoms with Crippen molar-refractivity contribution in [3.05, 3.63) is 63.0 Å². The maximum atomic E-state index is 12.7. The first-order valence-electron chi connectivity index (χ1n) is 7.31. The molecule has 1 saturated heterocycles. The molecule has 3 rings (SSSR count). The molecule has 2 aromatic carbocycles. The van der Waals surface area contributed by atoms with Gasteiger partial charge in [-0.05, 0) is 55.5 Å². The van der Waals surface area contributed by atoms with Crippen LogP contribution in [0, 0.1) is 0 Å². The second-order valence-electron chi connectivity index (χ2n) is 5.46. The zero-order chi connectivity index (χ0) is 16.4. The number of nitrogens with one attached hydrogen (secondary N) is 1. The maximum absolute atomic E-state index is 12.7. The lowest BCUT2D eigenvalue weighted by Gasteiger charge is -2.24. The fourth-order valence-electron chi connectivity index (χ4n) is 2.49. The van der Waals surface area contributed by atoms with Crippen molar-refractivity contribution in [1.29, 1.82) is 0 Å². The lowest BCUT2D eigenvalue weighted by Crippen LogP contribution is -2.39. The van der Waals surface area contributed by atoms with Crippen LogP contribution in [0.2, 0.25) is 0 Å². The van der Waals surface area contributed by atoms with Gasteiger partial charge in [0.25, 0.3) is 5.91 Å². The first kappa shape index (κ1) is 16.5. The highest BCUT2D eigenvalue weighted by Gasteiger charge is 2.35. The average molecular weight is 440 g/mol. The third kappa shape index (κ3) is 3.94. The summed E-state index contributed by atoms with van der Waals surface area (Å²) in [4.78, 5) is 18.4. The Kier molecular flexibility index (Phi) is 5.04. The van der Waals surface area contributed by atoms with E-state index < -0.39 is 0 Å². The molecule has 0 aromatic heterocycles. The van der Waals surface area contributed by atoms with E-state index in [0.29, 0.717) is 5.56 Å². The Morgan fingerprint density at radius 3 is 2.26 bits per heavy atom. The number of hydrogen-bond donors (Lipinski definition) is 1. The summed E-state index contributed by atoms with van der Waals surface area (Å²) in [7, 11) is 0. The van der Waals surface area contributed by atoms with E-state index in [1.54, 1.807) is 12.1 Å². The van der Waals surface area contributed by atoms with Crippen LogP contribution in [-0.2, 0) is 4.84 Å². The molecule has 0 saturated carbocycles. The number of benzene rings is 2. The molecule has 2 aromatic rings. The Bertz CT molecular complexity index is 689. The molecule has 1 heterocycles. The van der Waals surface area contributed by atoms with Crippen molar-refractivity contribution < 1.29 is 9.63 Å². The number of halogens is 2. The minimum atomic E-state index is -0.192. The fraction of sp³-hybridized carbons (Fsp3) is 0.235. The molecular weight excluding hydrogens is 424 g/mol. The number of anilines is 1. The molecule has 1 N–H and O–H groups in total. The molecule has 0 bridgehead atoms. The normalized spacial score (nSPS) is 20.6. The van der Waals surface area contributed by atoms with Crippen molar-refractivity contribution >= 4 is 43.5 Å². The van der Waals surface area contributed by atoms with Crippen LogP contribution in [0.1, 0.15) is 23.7 Å². The standard InChI is InChI=1S/C17H16Br2N2O2/c1-11-10-16(20-15-8-6-14(19)7-9-15)21(23-11)17(22)12-2-4-13(18)5-3-12/h2-9,11,16,20H,10H2,1H3. The van der Waals surface area contributed by atoms with E-state index in [-0.39, 0.29) is 18.2 Å². The van der Waals surface area contributed by atoms with E-state index in [0.717, 1.165) is 21.1 Å². The lowest BCUT2D eigenvalue weighted by molar-refractivity contribution is -0.118. The van der Waals surface area contributed by atoms with Gasteiger partial charge in [-0.15, -0.1) is 0 Å². The molecule has 23 heavy (non-hydrogen) atoms. The van der Waals surface area contributed by atoms with Crippen LogP contribution < -0.4 is 5.32 Å². The van der Waals surface area contributed by atoms with Crippen molar-refractivity contribution in [3.63, 3.8) is 0 Å². The Morgan fingerprint density at radius 2 is 1.65 bits per heavy atom. The fourth-order valence-corrected chi connectivity index (χ4v) is 3.01. The number of hydrogen-bond acceptors (Lipinski definition) is 3. The van der Waals surface area contributed by atoms with Gasteiger partial charge in [0.1, 0.15) is 6.17 Å². The van der Waals surface area contributed by atoms with Crippen LogP contribution in [0.15, 0.2) is 57.5 Å². The van der Waals surface area contributed by atoms with Gasteiger partial charge in [-0.3, -0.25) is 9.63 Å². The molecule has 1 fully saturated rings. The van der Waals surface area contributed by atoms with Crippen LogP contribution in [0.4, 0.5) is 5.69 Å². The van der Waals surface area contributed by atoms with Gasteiger partial charge in [-0.1, -0.05) is 31.9 Å². The molecule has 0 aliphatic carbocycles. The molecule has 2 unspecified atom stereocenters. The number of rotatable bonds is 3. The molecule has 1 aliphatic rings. The predicted molar refractivity (Wildman–Crippen MR) is 97.0 cm³/mol. The van der Waals surface area contributed by atoms with Crippen molar-refractivity contribution in [3.8, 4) is 0 Å². The molecule has 0 spiro atoms. The lowest BCUT2D eigenvalue weighted by atomic mass is 10.2. The zero-order valence-corrected chi connectivity index (χ0v) is 15.7. The molecular formula is C17H16Br2N2O2. The predicted octanol–water partition coefficient (Wildman–Crippen LogP) is 4.82. The van der Waals surface area contributed by atoms with Crippen molar-refractivity contribution in [2.45, 2.75) is 25.6 Å². The second-order valence-corrected chi connectivity index (χ2v) is 7.29. The van der Waals surface area contributed by atoms with Crippen LogP contribution in [0.5, 0.6) is 0 Å². The first-order valence-corrected chi connectivity index (χ1v) is 8.89. The third-order valence-electron chi connectivity index (χ3n) is 3.60.